The highest BCUT2D eigenvalue weighted by atomic mass is 32.2. The second-order valence-electron chi connectivity index (χ2n) is 5.09. The molecule has 0 atom stereocenters. The van der Waals surface area contributed by atoms with E-state index in [1.54, 1.807) is 11.8 Å². The quantitative estimate of drug-likeness (QED) is 0.577. The number of hydrogen-bond donors (Lipinski definition) is 1. The van der Waals surface area contributed by atoms with Gasteiger partial charge in [-0.2, -0.15) is 11.8 Å². The van der Waals surface area contributed by atoms with Gasteiger partial charge in [-0.1, -0.05) is 30.3 Å². The van der Waals surface area contributed by atoms with E-state index in [1.807, 2.05) is 30.3 Å². The van der Waals surface area contributed by atoms with Crippen LogP contribution in [0.4, 0.5) is 8.78 Å². The first kappa shape index (κ1) is 18.9. The van der Waals surface area contributed by atoms with Crippen LogP contribution in [-0.4, -0.2) is 30.8 Å². The maximum atomic E-state index is 13.4. The van der Waals surface area contributed by atoms with Gasteiger partial charge >= 0.3 is 5.97 Å². The van der Waals surface area contributed by atoms with Gasteiger partial charge in [0.2, 0.25) is 0 Å². The van der Waals surface area contributed by atoms with Crippen LogP contribution in [0.1, 0.15) is 15.9 Å². The van der Waals surface area contributed by atoms with Crippen LogP contribution >= 0.6 is 11.8 Å². The van der Waals surface area contributed by atoms with Crippen LogP contribution in [0, 0.1) is 11.6 Å². The van der Waals surface area contributed by atoms with Crippen molar-refractivity contribution in [3.63, 3.8) is 0 Å². The number of amides is 1. The first-order valence-corrected chi connectivity index (χ1v) is 8.72. The molecular weight excluding hydrogens is 348 g/mol. The summed E-state index contributed by atoms with van der Waals surface area (Å²) in [5, 5.41) is 2.61. The van der Waals surface area contributed by atoms with Gasteiger partial charge in [-0.25, -0.2) is 13.6 Å². The van der Waals surface area contributed by atoms with E-state index in [0.717, 1.165) is 17.9 Å². The summed E-state index contributed by atoms with van der Waals surface area (Å²) in [6.07, 6.45) is 0. The van der Waals surface area contributed by atoms with E-state index in [4.69, 9.17) is 4.74 Å². The van der Waals surface area contributed by atoms with Gasteiger partial charge in [0.15, 0.2) is 6.61 Å². The molecule has 0 aliphatic heterocycles. The minimum atomic E-state index is -1.03. The van der Waals surface area contributed by atoms with Crippen LogP contribution in [0.15, 0.2) is 48.5 Å². The molecule has 0 bridgehead atoms. The summed E-state index contributed by atoms with van der Waals surface area (Å²) in [6.45, 7) is -0.0855. The molecule has 1 amide bonds. The number of ether oxygens (including phenoxy) is 1. The second kappa shape index (κ2) is 9.78. The summed E-state index contributed by atoms with van der Waals surface area (Å²) >= 11 is 1.67. The van der Waals surface area contributed by atoms with E-state index >= 15 is 0 Å². The third kappa shape index (κ3) is 6.54. The lowest BCUT2D eigenvalue weighted by Gasteiger charge is -2.07. The first-order valence-electron chi connectivity index (χ1n) is 7.57. The molecule has 0 aliphatic carbocycles. The molecule has 2 aromatic carbocycles. The van der Waals surface area contributed by atoms with Crippen molar-refractivity contribution in [1.29, 1.82) is 0 Å². The van der Waals surface area contributed by atoms with E-state index in [-0.39, 0.29) is 0 Å². The average Bonchev–Trinajstić information content (AvgIpc) is 2.60. The summed E-state index contributed by atoms with van der Waals surface area (Å²) in [5.74, 6) is -1.75. The van der Waals surface area contributed by atoms with Crippen LogP contribution in [0.3, 0.4) is 0 Å². The average molecular weight is 365 g/mol. The fourth-order valence-corrected chi connectivity index (χ4v) is 2.76. The fourth-order valence-electron chi connectivity index (χ4n) is 1.94. The molecule has 0 aliphatic rings. The number of hydrogen-bond acceptors (Lipinski definition) is 4. The topological polar surface area (TPSA) is 55.4 Å². The van der Waals surface area contributed by atoms with Gasteiger partial charge in [0, 0.05) is 24.1 Å². The summed E-state index contributed by atoms with van der Waals surface area (Å²) in [4.78, 5) is 23.2. The second-order valence-corrected chi connectivity index (χ2v) is 6.19. The number of thioether (sulfide) groups is 1. The van der Waals surface area contributed by atoms with Crippen molar-refractivity contribution < 1.29 is 23.1 Å². The lowest BCUT2D eigenvalue weighted by atomic mass is 10.2. The van der Waals surface area contributed by atoms with Crippen LogP contribution in [0.2, 0.25) is 0 Å². The van der Waals surface area contributed by atoms with Gasteiger partial charge in [0.1, 0.15) is 11.6 Å². The third-order valence-electron chi connectivity index (χ3n) is 3.17. The number of benzene rings is 2. The van der Waals surface area contributed by atoms with Crippen molar-refractivity contribution in [3.8, 4) is 0 Å². The van der Waals surface area contributed by atoms with E-state index in [1.165, 1.54) is 5.56 Å². The Balaban J connectivity index is 1.62. The normalized spacial score (nSPS) is 10.3. The lowest BCUT2D eigenvalue weighted by Crippen LogP contribution is -2.30. The Morgan fingerprint density at radius 1 is 1.08 bits per heavy atom. The molecule has 25 heavy (non-hydrogen) atoms. The highest BCUT2D eigenvalue weighted by molar-refractivity contribution is 7.98. The molecule has 0 saturated carbocycles. The summed E-state index contributed by atoms with van der Waals surface area (Å²) in [6, 6.07) is 12.5. The smallest absolute Gasteiger partial charge is 0.341 e. The number of esters is 1. The van der Waals surface area contributed by atoms with Crippen molar-refractivity contribution in [2.24, 2.45) is 0 Å². The summed E-state index contributed by atoms with van der Waals surface area (Å²) in [5.41, 5.74) is 0.793. The Hall–Kier alpha value is -2.41. The van der Waals surface area contributed by atoms with Crippen LogP contribution in [-0.2, 0) is 15.3 Å². The van der Waals surface area contributed by atoms with Gasteiger partial charge in [-0.05, 0) is 17.7 Å². The predicted octanol–water partition coefficient (Wildman–Crippen LogP) is 3.17. The highest BCUT2D eigenvalue weighted by Gasteiger charge is 2.15. The van der Waals surface area contributed by atoms with Crippen LogP contribution in [0.5, 0.6) is 0 Å². The maximum absolute atomic E-state index is 13.4. The summed E-state index contributed by atoms with van der Waals surface area (Å²) < 4.78 is 30.9. The zero-order valence-corrected chi connectivity index (χ0v) is 14.2. The monoisotopic (exact) mass is 365 g/mol. The minimum absolute atomic E-state index is 0.410. The molecule has 0 saturated heterocycles. The Bertz CT molecular complexity index is 726. The first-order chi connectivity index (χ1) is 12.1. The number of rotatable bonds is 8. The zero-order chi connectivity index (χ0) is 18.1. The van der Waals surface area contributed by atoms with Crippen molar-refractivity contribution in [2.75, 3.05) is 18.9 Å². The molecule has 2 aromatic rings. The predicted molar refractivity (Wildman–Crippen MR) is 92.3 cm³/mol. The van der Waals surface area contributed by atoms with E-state index in [0.29, 0.717) is 18.4 Å². The number of carbonyl (C=O) groups is 2. The molecule has 0 fully saturated rings. The standard InChI is InChI=1S/C18H17F2NO3S/c19-14-6-7-15(16(20)10-14)18(23)24-11-17(22)21-8-9-25-12-13-4-2-1-3-5-13/h1-7,10H,8-9,11-12H2,(H,21,22). The number of nitrogens with one attached hydrogen (secondary N) is 1. The molecule has 132 valence electrons. The molecule has 7 heteroatoms. The van der Waals surface area contributed by atoms with Gasteiger partial charge in [0.25, 0.3) is 5.91 Å². The lowest BCUT2D eigenvalue weighted by molar-refractivity contribution is -0.124. The number of halogens is 2. The summed E-state index contributed by atoms with van der Waals surface area (Å²) in [7, 11) is 0. The molecule has 0 heterocycles. The van der Waals surface area contributed by atoms with Crippen molar-refractivity contribution >= 4 is 23.6 Å². The van der Waals surface area contributed by atoms with Crippen LogP contribution in [0.25, 0.3) is 0 Å². The van der Waals surface area contributed by atoms with Gasteiger partial charge < -0.3 is 10.1 Å². The molecule has 0 aromatic heterocycles. The molecule has 2 rings (SSSR count). The van der Waals surface area contributed by atoms with Crippen molar-refractivity contribution in [2.45, 2.75) is 5.75 Å². The molecular formula is C18H17F2NO3S. The highest BCUT2D eigenvalue weighted by Crippen LogP contribution is 2.11. The molecule has 1 N–H and O–H groups in total. The Kier molecular flexibility index (Phi) is 7.40. The molecule has 0 spiro atoms. The van der Waals surface area contributed by atoms with Gasteiger partial charge in [-0.15, -0.1) is 0 Å². The number of carbonyl (C=O) groups excluding carboxylic acids is 2. The Morgan fingerprint density at radius 2 is 1.84 bits per heavy atom. The van der Waals surface area contributed by atoms with Crippen molar-refractivity contribution in [1.82, 2.24) is 5.32 Å². The Morgan fingerprint density at radius 3 is 2.56 bits per heavy atom. The minimum Gasteiger partial charge on any atom is -0.452 e. The van der Waals surface area contributed by atoms with E-state index in [2.05, 4.69) is 5.32 Å². The third-order valence-corrected chi connectivity index (χ3v) is 4.20. The zero-order valence-electron chi connectivity index (χ0n) is 13.3. The van der Waals surface area contributed by atoms with Crippen molar-refractivity contribution in [3.05, 3.63) is 71.3 Å². The SMILES string of the molecule is O=C(COC(=O)c1ccc(F)cc1F)NCCSCc1ccccc1. The Labute approximate surface area is 148 Å². The van der Waals surface area contributed by atoms with Crippen LogP contribution < -0.4 is 5.32 Å². The van der Waals surface area contributed by atoms with Gasteiger partial charge in [0.05, 0.1) is 5.56 Å². The molecule has 0 radical (unpaired) electrons. The van der Waals surface area contributed by atoms with E-state index in [9.17, 15) is 18.4 Å². The van der Waals surface area contributed by atoms with Gasteiger partial charge in [-0.3, -0.25) is 4.79 Å². The van der Waals surface area contributed by atoms with E-state index < -0.39 is 35.7 Å². The largest absolute Gasteiger partial charge is 0.452 e. The maximum Gasteiger partial charge on any atom is 0.341 e. The fraction of sp³-hybridized carbons (Fsp3) is 0.222. The molecule has 0 unspecified atom stereocenters. The molecule has 4 nitrogen and oxygen atoms in total.